The van der Waals surface area contributed by atoms with Crippen LogP contribution in [0.5, 0.6) is 11.5 Å². The maximum absolute atomic E-state index is 12.3. The van der Waals surface area contributed by atoms with Crippen molar-refractivity contribution in [2.24, 2.45) is 0 Å². The van der Waals surface area contributed by atoms with Gasteiger partial charge in [0.05, 0.1) is 27.8 Å². The van der Waals surface area contributed by atoms with E-state index in [1.54, 1.807) is 11.9 Å². The third kappa shape index (κ3) is 4.36. The Morgan fingerprint density at radius 3 is 2.89 bits per heavy atom. The SMILES string of the molecule is [2H]C([2H])([2H])Oc1cc2nc(NCCCN(C)C(=O)C3CCCO3)nc(N)c2cc1OC([2H])([2H])[2H]. The number of nitrogen functional groups attached to an aromatic ring is 1. The minimum Gasteiger partial charge on any atom is -0.493 e. The number of nitrogens with one attached hydrogen (secondary N) is 1. The van der Waals surface area contributed by atoms with Crippen molar-refractivity contribution in [3.8, 4) is 11.5 Å². The van der Waals surface area contributed by atoms with Gasteiger partial charge in [-0.3, -0.25) is 4.79 Å². The van der Waals surface area contributed by atoms with Crippen molar-refractivity contribution >= 4 is 28.6 Å². The van der Waals surface area contributed by atoms with Crippen molar-refractivity contribution in [3.05, 3.63) is 12.1 Å². The van der Waals surface area contributed by atoms with E-state index < -0.39 is 14.1 Å². The summed E-state index contributed by atoms with van der Waals surface area (Å²) in [7, 11) is -3.96. The molecule has 0 spiro atoms. The Balaban J connectivity index is 1.71. The maximum atomic E-state index is 12.3. The number of hydrogen-bond donors (Lipinski definition) is 2. The summed E-state index contributed by atoms with van der Waals surface area (Å²) in [6.07, 6.45) is 1.86. The Morgan fingerprint density at radius 2 is 2.18 bits per heavy atom. The molecular formula is C19H27N5O4. The normalized spacial score (nSPS) is 20.2. The van der Waals surface area contributed by atoms with Gasteiger partial charge in [0.15, 0.2) is 11.5 Å². The van der Waals surface area contributed by atoms with Crippen LogP contribution in [0.2, 0.25) is 0 Å². The Kier molecular flexibility index (Phi) is 4.26. The van der Waals surface area contributed by atoms with E-state index in [9.17, 15) is 4.79 Å². The molecule has 28 heavy (non-hydrogen) atoms. The Morgan fingerprint density at radius 1 is 1.39 bits per heavy atom. The minimum absolute atomic E-state index is 0.0361. The zero-order valence-corrected chi connectivity index (χ0v) is 15.5. The average Bonchev–Trinajstić information content (AvgIpc) is 3.24. The predicted molar refractivity (Wildman–Crippen MR) is 107 cm³/mol. The number of benzene rings is 1. The van der Waals surface area contributed by atoms with Gasteiger partial charge in [0.2, 0.25) is 5.95 Å². The lowest BCUT2D eigenvalue weighted by Crippen LogP contribution is -2.37. The first kappa shape index (κ1) is 13.4. The predicted octanol–water partition coefficient (Wildman–Crippen LogP) is 1.67. The summed E-state index contributed by atoms with van der Waals surface area (Å²) < 4.78 is 59.1. The standard InChI is InChI=1S/C19H27N5O4/c1-24(18(25)14-6-4-9-28-14)8-5-7-21-19-22-13-11-16(27-3)15(26-2)10-12(13)17(20)23-19/h10-11,14H,4-9H2,1-3H3,(H3,20,21,22,23)/i2D3,3D3. The van der Waals surface area contributed by atoms with Gasteiger partial charge in [-0.25, -0.2) is 4.98 Å². The fourth-order valence-corrected chi connectivity index (χ4v) is 3.04. The zero-order chi connectivity index (χ0) is 25.1. The van der Waals surface area contributed by atoms with E-state index in [1.807, 2.05) is 0 Å². The first-order chi connectivity index (χ1) is 15.8. The van der Waals surface area contributed by atoms with Gasteiger partial charge in [-0.15, -0.1) is 0 Å². The number of hydrogen-bond acceptors (Lipinski definition) is 8. The molecule has 1 aromatic carbocycles. The van der Waals surface area contributed by atoms with Crippen LogP contribution in [0.25, 0.3) is 10.9 Å². The molecule has 1 aromatic heterocycles. The van der Waals surface area contributed by atoms with Crippen LogP contribution in [-0.2, 0) is 9.53 Å². The molecule has 3 N–H and O–H groups in total. The molecule has 2 aromatic rings. The number of methoxy groups -OCH3 is 2. The quantitative estimate of drug-likeness (QED) is 0.649. The van der Waals surface area contributed by atoms with E-state index in [-0.39, 0.29) is 46.2 Å². The number of likely N-dealkylation sites (N-methyl/N-ethyl adjacent to an activating group) is 1. The van der Waals surface area contributed by atoms with Crippen molar-refractivity contribution in [3.63, 3.8) is 0 Å². The van der Waals surface area contributed by atoms with Gasteiger partial charge in [0.25, 0.3) is 5.91 Å². The number of nitrogens with zero attached hydrogens (tertiary/aromatic N) is 3. The molecule has 1 amide bonds. The molecular weight excluding hydrogens is 362 g/mol. The Labute approximate surface area is 172 Å². The second kappa shape index (κ2) is 8.92. The van der Waals surface area contributed by atoms with Crippen molar-refractivity contribution in [2.75, 3.05) is 51.9 Å². The monoisotopic (exact) mass is 395 g/mol. The van der Waals surface area contributed by atoms with Crippen LogP contribution in [0.1, 0.15) is 27.5 Å². The van der Waals surface area contributed by atoms with E-state index in [2.05, 4.69) is 15.3 Å². The highest BCUT2D eigenvalue weighted by atomic mass is 16.5. The number of nitrogens with two attached hydrogens (primary N) is 1. The number of rotatable bonds is 8. The molecule has 1 fully saturated rings. The number of aromatic nitrogens is 2. The smallest absolute Gasteiger partial charge is 0.251 e. The van der Waals surface area contributed by atoms with Crippen LogP contribution < -0.4 is 20.5 Å². The maximum Gasteiger partial charge on any atom is 0.251 e. The fourth-order valence-electron chi connectivity index (χ4n) is 3.04. The third-order valence-corrected chi connectivity index (χ3v) is 4.55. The summed E-state index contributed by atoms with van der Waals surface area (Å²) in [5.41, 5.74) is 6.26. The van der Waals surface area contributed by atoms with Crippen LogP contribution >= 0.6 is 0 Å². The second-order valence-electron chi connectivity index (χ2n) is 6.49. The van der Waals surface area contributed by atoms with Gasteiger partial charge in [-0.1, -0.05) is 0 Å². The summed E-state index contributed by atoms with van der Waals surface area (Å²) >= 11 is 0. The van der Waals surface area contributed by atoms with Crippen LogP contribution in [0.3, 0.4) is 0 Å². The van der Waals surface area contributed by atoms with Crippen molar-refractivity contribution in [1.82, 2.24) is 14.9 Å². The van der Waals surface area contributed by atoms with Gasteiger partial charge < -0.3 is 30.2 Å². The summed E-state index contributed by atoms with van der Waals surface area (Å²) in [5.74, 6) is -0.461. The lowest BCUT2D eigenvalue weighted by Gasteiger charge is -2.20. The molecule has 0 saturated carbocycles. The number of fused-ring (bicyclic) bond motifs is 1. The number of anilines is 2. The molecule has 0 bridgehead atoms. The minimum atomic E-state index is -2.84. The molecule has 1 saturated heterocycles. The van der Waals surface area contributed by atoms with E-state index in [0.29, 0.717) is 26.1 Å². The molecule has 9 nitrogen and oxygen atoms in total. The van der Waals surface area contributed by atoms with Crippen molar-refractivity contribution in [1.29, 1.82) is 0 Å². The van der Waals surface area contributed by atoms with Crippen LogP contribution in [0.4, 0.5) is 11.8 Å². The summed E-state index contributed by atoms with van der Waals surface area (Å²) in [6.45, 7) is 1.55. The van der Waals surface area contributed by atoms with Crippen LogP contribution in [0, 0.1) is 0 Å². The molecule has 1 aliphatic heterocycles. The van der Waals surface area contributed by atoms with Gasteiger partial charge in [0, 0.05) is 38.2 Å². The number of amides is 1. The van der Waals surface area contributed by atoms with E-state index in [0.717, 1.165) is 12.8 Å². The largest absolute Gasteiger partial charge is 0.493 e. The van der Waals surface area contributed by atoms with E-state index in [1.165, 1.54) is 12.1 Å². The summed E-state index contributed by atoms with van der Waals surface area (Å²) in [4.78, 5) is 22.4. The molecule has 0 radical (unpaired) electrons. The fraction of sp³-hybridized carbons (Fsp3) is 0.526. The highest BCUT2D eigenvalue weighted by Crippen LogP contribution is 2.33. The van der Waals surface area contributed by atoms with Gasteiger partial charge in [-0.2, -0.15) is 4.98 Å². The second-order valence-corrected chi connectivity index (χ2v) is 6.49. The van der Waals surface area contributed by atoms with Crippen molar-refractivity contribution in [2.45, 2.75) is 25.4 Å². The van der Waals surface area contributed by atoms with Gasteiger partial charge in [-0.05, 0) is 25.3 Å². The molecule has 152 valence electrons. The van der Waals surface area contributed by atoms with Gasteiger partial charge in [0.1, 0.15) is 11.9 Å². The molecule has 1 atom stereocenters. The molecule has 2 heterocycles. The van der Waals surface area contributed by atoms with Gasteiger partial charge >= 0.3 is 0 Å². The average molecular weight is 395 g/mol. The Bertz CT molecular complexity index is 1030. The lowest BCUT2D eigenvalue weighted by molar-refractivity contribution is -0.139. The van der Waals surface area contributed by atoms with Crippen molar-refractivity contribution < 1.29 is 27.2 Å². The highest BCUT2D eigenvalue weighted by molar-refractivity contribution is 5.91. The first-order valence-corrected chi connectivity index (χ1v) is 8.92. The first-order valence-electron chi connectivity index (χ1n) is 11.9. The summed E-state index contributed by atoms with van der Waals surface area (Å²) in [6, 6.07) is 2.47. The highest BCUT2D eigenvalue weighted by Gasteiger charge is 2.26. The summed E-state index contributed by atoms with van der Waals surface area (Å²) in [5, 5.41) is 3.29. The molecule has 1 aliphatic rings. The topological polar surface area (TPSA) is 112 Å². The molecule has 3 rings (SSSR count). The molecule has 0 aliphatic carbocycles. The van der Waals surface area contributed by atoms with Crippen LogP contribution in [-0.4, -0.2) is 67.7 Å². The van der Waals surface area contributed by atoms with E-state index in [4.69, 9.17) is 28.2 Å². The number of carbonyl (C=O) groups excluding carboxylic acids is 1. The zero-order valence-electron chi connectivity index (χ0n) is 21.5. The molecule has 9 heteroatoms. The number of ether oxygens (including phenoxy) is 3. The third-order valence-electron chi connectivity index (χ3n) is 4.55. The number of carbonyl (C=O) groups is 1. The Hall–Kier alpha value is -2.81. The van der Waals surface area contributed by atoms with Crippen LogP contribution in [0.15, 0.2) is 12.1 Å². The van der Waals surface area contributed by atoms with E-state index >= 15 is 0 Å². The molecule has 1 unspecified atom stereocenters. The lowest BCUT2D eigenvalue weighted by atomic mass is 10.2.